The molecule has 2 N–H and O–H groups in total. The number of nitrogens with two attached hydrogens (primary N) is 1. The number of hydrogen-bond acceptors (Lipinski definition) is 3. The molecule has 0 aromatic carbocycles. The van der Waals surface area contributed by atoms with E-state index in [9.17, 15) is 0 Å². The van der Waals surface area contributed by atoms with Crippen molar-refractivity contribution < 1.29 is 4.74 Å². The van der Waals surface area contributed by atoms with Crippen LogP contribution in [0.2, 0.25) is 0 Å². The first-order valence-corrected chi connectivity index (χ1v) is 5.78. The average molecular weight is 200 g/mol. The molecule has 1 aliphatic rings. The fourth-order valence-electron chi connectivity index (χ4n) is 2.13. The van der Waals surface area contributed by atoms with Gasteiger partial charge >= 0.3 is 0 Å². The molecule has 1 fully saturated rings. The van der Waals surface area contributed by atoms with E-state index in [4.69, 9.17) is 10.5 Å². The van der Waals surface area contributed by atoms with Gasteiger partial charge in [0, 0.05) is 19.7 Å². The Hall–Kier alpha value is -0.120. The van der Waals surface area contributed by atoms with Crippen LogP contribution >= 0.6 is 0 Å². The summed E-state index contributed by atoms with van der Waals surface area (Å²) in [7, 11) is 0. The topological polar surface area (TPSA) is 38.5 Å². The van der Waals surface area contributed by atoms with E-state index in [0.717, 1.165) is 44.6 Å². The van der Waals surface area contributed by atoms with Crippen LogP contribution in [-0.2, 0) is 4.74 Å². The summed E-state index contributed by atoms with van der Waals surface area (Å²) >= 11 is 0. The zero-order chi connectivity index (χ0) is 10.4. The van der Waals surface area contributed by atoms with Crippen molar-refractivity contribution in [1.29, 1.82) is 0 Å². The monoisotopic (exact) mass is 200 g/mol. The lowest BCUT2D eigenvalue weighted by Gasteiger charge is -2.15. The van der Waals surface area contributed by atoms with E-state index in [1.165, 1.54) is 13.1 Å². The standard InChI is InChI=1S/C11H24N2O/c1-3-14-9-11-8-13(6-4-5-12)7-10(11)2/h10-11H,3-9,12H2,1-2H3/t10-,11+/m1/s1. The maximum absolute atomic E-state index is 5.50. The van der Waals surface area contributed by atoms with E-state index >= 15 is 0 Å². The van der Waals surface area contributed by atoms with Crippen LogP contribution in [0.4, 0.5) is 0 Å². The van der Waals surface area contributed by atoms with Gasteiger partial charge in [0.05, 0.1) is 6.61 Å². The Bertz CT molecular complexity index is 152. The third kappa shape index (κ3) is 3.56. The van der Waals surface area contributed by atoms with Gasteiger partial charge in [-0.1, -0.05) is 6.92 Å². The van der Waals surface area contributed by atoms with Gasteiger partial charge in [0.1, 0.15) is 0 Å². The van der Waals surface area contributed by atoms with Crippen molar-refractivity contribution in [3.63, 3.8) is 0 Å². The smallest absolute Gasteiger partial charge is 0.0509 e. The molecular formula is C11H24N2O. The summed E-state index contributed by atoms with van der Waals surface area (Å²) in [5.41, 5.74) is 5.50. The minimum Gasteiger partial charge on any atom is -0.381 e. The Balaban J connectivity index is 2.21. The Morgan fingerprint density at radius 1 is 1.43 bits per heavy atom. The molecular weight excluding hydrogens is 176 g/mol. The highest BCUT2D eigenvalue weighted by molar-refractivity contribution is 4.81. The van der Waals surface area contributed by atoms with E-state index in [1.54, 1.807) is 0 Å². The van der Waals surface area contributed by atoms with Crippen molar-refractivity contribution in [3.05, 3.63) is 0 Å². The lowest BCUT2D eigenvalue weighted by molar-refractivity contribution is 0.101. The first-order chi connectivity index (χ1) is 6.77. The first-order valence-electron chi connectivity index (χ1n) is 5.78. The van der Waals surface area contributed by atoms with Gasteiger partial charge in [-0.15, -0.1) is 0 Å². The van der Waals surface area contributed by atoms with Crippen LogP contribution in [-0.4, -0.2) is 44.3 Å². The predicted octanol–water partition coefficient (Wildman–Crippen LogP) is 0.940. The summed E-state index contributed by atoms with van der Waals surface area (Å²) in [6.45, 7) is 10.5. The van der Waals surface area contributed by atoms with Gasteiger partial charge in [-0.2, -0.15) is 0 Å². The molecule has 2 atom stereocenters. The Kier molecular flexibility index (Phi) is 5.45. The van der Waals surface area contributed by atoms with E-state index in [0.29, 0.717) is 0 Å². The van der Waals surface area contributed by atoms with Gasteiger partial charge in [0.25, 0.3) is 0 Å². The fourth-order valence-corrected chi connectivity index (χ4v) is 2.13. The van der Waals surface area contributed by atoms with E-state index in [2.05, 4.69) is 18.7 Å². The summed E-state index contributed by atoms with van der Waals surface area (Å²) in [6.07, 6.45) is 1.12. The van der Waals surface area contributed by atoms with Crippen LogP contribution in [0.5, 0.6) is 0 Å². The maximum atomic E-state index is 5.50. The summed E-state index contributed by atoms with van der Waals surface area (Å²) in [5.74, 6) is 1.51. The molecule has 84 valence electrons. The molecule has 0 spiro atoms. The van der Waals surface area contributed by atoms with Crippen molar-refractivity contribution in [3.8, 4) is 0 Å². The minimum atomic E-state index is 0.729. The predicted molar refractivity (Wildman–Crippen MR) is 59.3 cm³/mol. The van der Waals surface area contributed by atoms with Gasteiger partial charge in [0.15, 0.2) is 0 Å². The van der Waals surface area contributed by atoms with Crippen LogP contribution in [0, 0.1) is 11.8 Å². The average Bonchev–Trinajstić information content (AvgIpc) is 2.53. The molecule has 1 saturated heterocycles. The van der Waals surface area contributed by atoms with Crippen molar-refractivity contribution in [2.24, 2.45) is 17.6 Å². The Morgan fingerprint density at radius 2 is 2.21 bits per heavy atom. The fraction of sp³-hybridized carbons (Fsp3) is 1.00. The third-order valence-electron chi connectivity index (χ3n) is 3.06. The third-order valence-corrected chi connectivity index (χ3v) is 3.06. The number of rotatable bonds is 6. The molecule has 0 saturated carbocycles. The molecule has 0 radical (unpaired) electrons. The molecule has 0 bridgehead atoms. The summed E-state index contributed by atoms with van der Waals surface area (Å²) in [4.78, 5) is 2.52. The summed E-state index contributed by atoms with van der Waals surface area (Å²) < 4.78 is 5.49. The van der Waals surface area contributed by atoms with Crippen LogP contribution < -0.4 is 5.73 Å². The van der Waals surface area contributed by atoms with E-state index in [-0.39, 0.29) is 0 Å². The van der Waals surface area contributed by atoms with Crippen LogP contribution in [0.25, 0.3) is 0 Å². The van der Waals surface area contributed by atoms with Gasteiger partial charge < -0.3 is 15.4 Å². The molecule has 0 aromatic heterocycles. The summed E-state index contributed by atoms with van der Waals surface area (Å²) in [6, 6.07) is 0. The quantitative estimate of drug-likeness (QED) is 0.693. The number of likely N-dealkylation sites (tertiary alicyclic amines) is 1. The second-order valence-corrected chi connectivity index (χ2v) is 4.30. The Morgan fingerprint density at radius 3 is 2.86 bits per heavy atom. The molecule has 14 heavy (non-hydrogen) atoms. The van der Waals surface area contributed by atoms with Crippen molar-refractivity contribution in [2.75, 3.05) is 39.4 Å². The van der Waals surface area contributed by atoms with Crippen LogP contribution in [0.1, 0.15) is 20.3 Å². The maximum Gasteiger partial charge on any atom is 0.0509 e. The van der Waals surface area contributed by atoms with Gasteiger partial charge in [0.2, 0.25) is 0 Å². The van der Waals surface area contributed by atoms with Gasteiger partial charge in [-0.25, -0.2) is 0 Å². The molecule has 1 rings (SSSR count). The molecule has 1 heterocycles. The second-order valence-electron chi connectivity index (χ2n) is 4.30. The van der Waals surface area contributed by atoms with Crippen LogP contribution in [0.15, 0.2) is 0 Å². The summed E-state index contributed by atoms with van der Waals surface area (Å²) in [5, 5.41) is 0. The highest BCUT2D eigenvalue weighted by Crippen LogP contribution is 2.22. The van der Waals surface area contributed by atoms with Crippen LogP contribution in [0.3, 0.4) is 0 Å². The largest absolute Gasteiger partial charge is 0.381 e. The molecule has 0 aromatic rings. The number of ether oxygens (including phenoxy) is 1. The minimum absolute atomic E-state index is 0.729. The SMILES string of the molecule is CCOC[C@@H]1CN(CCCN)C[C@H]1C. The number of nitrogens with zero attached hydrogens (tertiary/aromatic N) is 1. The number of hydrogen-bond donors (Lipinski definition) is 1. The molecule has 3 heteroatoms. The van der Waals surface area contributed by atoms with Gasteiger partial charge in [-0.05, 0) is 38.3 Å². The molecule has 0 unspecified atom stereocenters. The van der Waals surface area contributed by atoms with E-state index < -0.39 is 0 Å². The normalized spacial score (nSPS) is 28.5. The van der Waals surface area contributed by atoms with Crippen molar-refractivity contribution in [2.45, 2.75) is 20.3 Å². The van der Waals surface area contributed by atoms with E-state index in [1.807, 2.05) is 0 Å². The Labute approximate surface area is 87.6 Å². The highest BCUT2D eigenvalue weighted by atomic mass is 16.5. The molecule has 0 aliphatic carbocycles. The molecule has 3 nitrogen and oxygen atoms in total. The molecule has 0 amide bonds. The van der Waals surface area contributed by atoms with Crippen molar-refractivity contribution >= 4 is 0 Å². The van der Waals surface area contributed by atoms with Crippen molar-refractivity contribution in [1.82, 2.24) is 4.90 Å². The highest BCUT2D eigenvalue weighted by Gasteiger charge is 2.28. The molecule has 1 aliphatic heterocycles. The second kappa shape index (κ2) is 6.38. The lowest BCUT2D eigenvalue weighted by atomic mass is 9.99. The zero-order valence-electron chi connectivity index (χ0n) is 9.54. The lowest BCUT2D eigenvalue weighted by Crippen LogP contribution is -2.24. The zero-order valence-corrected chi connectivity index (χ0v) is 9.54. The first kappa shape index (κ1) is 12.0. The van der Waals surface area contributed by atoms with Gasteiger partial charge in [-0.3, -0.25) is 0 Å².